The first-order valence-corrected chi connectivity index (χ1v) is 10.4. The molecule has 0 unspecified atom stereocenters. The molecule has 152 valence electrons. The van der Waals surface area contributed by atoms with Crippen LogP contribution in [0.15, 0.2) is 47.3 Å². The summed E-state index contributed by atoms with van der Waals surface area (Å²) in [4.78, 5) is 17.8. The summed E-state index contributed by atoms with van der Waals surface area (Å²) in [5, 5.41) is 4.33. The van der Waals surface area contributed by atoms with Crippen LogP contribution < -0.4 is 19.6 Å². The summed E-state index contributed by atoms with van der Waals surface area (Å²) < 4.78 is 12.8. The number of thiazole rings is 1. The van der Waals surface area contributed by atoms with Crippen LogP contribution in [0, 0.1) is 6.92 Å². The molecule has 0 spiro atoms. The zero-order valence-corrected chi connectivity index (χ0v) is 17.8. The van der Waals surface area contributed by atoms with Gasteiger partial charge in [0.05, 0.1) is 18.2 Å². The van der Waals surface area contributed by atoms with Crippen molar-refractivity contribution in [3.8, 4) is 11.5 Å². The van der Waals surface area contributed by atoms with E-state index in [1.165, 1.54) is 21.4 Å². The standard InChI is InChI=1S/C23H21N3O3S/c1-4-29-18-11-9-17(13-19(18)28-3)14-20-22(27)26-23(30-20)24-21(25-26)12-10-16-7-5-15(2)6-8-16/h5-14H,4H2,1-3H3/b12-10+,20-14+. The second-order valence-electron chi connectivity index (χ2n) is 6.67. The van der Waals surface area contributed by atoms with Gasteiger partial charge in [0.1, 0.15) is 0 Å². The van der Waals surface area contributed by atoms with Crippen molar-refractivity contribution < 1.29 is 9.47 Å². The molecular weight excluding hydrogens is 398 g/mol. The van der Waals surface area contributed by atoms with Crippen LogP contribution in [0.4, 0.5) is 0 Å². The Bertz CT molecular complexity index is 1320. The highest BCUT2D eigenvalue weighted by molar-refractivity contribution is 7.15. The number of rotatable bonds is 6. The van der Waals surface area contributed by atoms with Gasteiger partial charge in [-0.1, -0.05) is 53.3 Å². The topological polar surface area (TPSA) is 65.7 Å². The highest BCUT2D eigenvalue weighted by Gasteiger charge is 2.10. The van der Waals surface area contributed by atoms with Gasteiger partial charge in [0.15, 0.2) is 17.3 Å². The third-order valence-corrected chi connectivity index (χ3v) is 5.44. The molecule has 4 rings (SSSR count). The van der Waals surface area contributed by atoms with Gasteiger partial charge in [-0.25, -0.2) is 0 Å². The lowest BCUT2D eigenvalue weighted by molar-refractivity contribution is 0.311. The van der Waals surface area contributed by atoms with Gasteiger partial charge in [0.2, 0.25) is 4.96 Å². The minimum atomic E-state index is -0.190. The van der Waals surface area contributed by atoms with E-state index in [1.807, 2.05) is 74.5 Å². The second kappa shape index (κ2) is 8.51. The zero-order valence-electron chi connectivity index (χ0n) is 17.0. The number of methoxy groups -OCH3 is 1. The number of benzene rings is 2. The van der Waals surface area contributed by atoms with E-state index in [-0.39, 0.29) is 5.56 Å². The first kappa shape index (κ1) is 19.8. The van der Waals surface area contributed by atoms with Crippen LogP contribution in [0.2, 0.25) is 0 Å². The maximum Gasteiger partial charge on any atom is 0.291 e. The summed E-state index contributed by atoms with van der Waals surface area (Å²) in [6.07, 6.45) is 5.55. The van der Waals surface area contributed by atoms with Crippen LogP contribution in [-0.4, -0.2) is 28.3 Å². The van der Waals surface area contributed by atoms with E-state index in [1.54, 1.807) is 7.11 Å². The van der Waals surface area contributed by atoms with Crippen LogP contribution >= 0.6 is 11.3 Å². The van der Waals surface area contributed by atoms with E-state index >= 15 is 0 Å². The summed E-state index contributed by atoms with van der Waals surface area (Å²) in [6, 6.07) is 13.7. The molecule has 0 radical (unpaired) electrons. The van der Waals surface area contributed by atoms with Crippen molar-refractivity contribution in [1.82, 2.24) is 14.6 Å². The lowest BCUT2D eigenvalue weighted by atomic mass is 10.1. The van der Waals surface area contributed by atoms with Gasteiger partial charge in [-0.15, -0.1) is 5.10 Å². The maximum atomic E-state index is 12.7. The quantitative estimate of drug-likeness (QED) is 0.478. The third kappa shape index (κ3) is 4.11. The SMILES string of the molecule is CCOc1ccc(/C=c2/sc3nc(/C=C/c4ccc(C)cc4)nn3c2=O)cc1OC. The number of ether oxygens (including phenoxy) is 2. The molecule has 6 nitrogen and oxygen atoms in total. The second-order valence-corrected chi connectivity index (χ2v) is 7.68. The highest BCUT2D eigenvalue weighted by Crippen LogP contribution is 2.28. The number of nitrogens with zero attached hydrogens (tertiary/aromatic N) is 3. The van der Waals surface area contributed by atoms with Crippen molar-refractivity contribution in [2.75, 3.05) is 13.7 Å². The average Bonchev–Trinajstić information content (AvgIpc) is 3.27. The molecule has 2 heterocycles. The highest BCUT2D eigenvalue weighted by atomic mass is 32.1. The summed E-state index contributed by atoms with van der Waals surface area (Å²) in [7, 11) is 1.59. The van der Waals surface area contributed by atoms with Crippen molar-refractivity contribution in [2.24, 2.45) is 0 Å². The fourth-order valence-electron chi connectivity index (χ4n) is 2.97. The van der Waals surface area contributed by atoms with E-state index in [2.05, 4.69) is 10.1 Å². The van der Waals surface area contributed by atoms with Crippen LogP contribution in [0.3, 0.4) is 0 Å². The van der Waals surface area contributed by atoms with Crippen LogP contribution in [0.25, 0.3) is 23.2 Å². The van der Waals surface area contributed by atoms with Crippen LogP contribution in [-0.2, 0) is 0 Å². The van der Waals surface area contributed by atoms with Gasteiger partial charge in [-0.05, 0) is 49.3 Å². The summed E-state index contributed by atoms with van der Waals surface area (Å²) in [5.74, 6) is 1.81. The van der Waals surface area contributed by atoms with E-state index in [0.717, 1.165) is 11.1 Å². The predicted octanol–water partition coefficient (Wildman–Crippen LogP) is 3.58. The molecule has 0 aliphatic carbocycles. The molecule has 2 aromatic carbocycles. The molecular formula is C23H21N3O3S. The Labute approximate surface area is 177 Å². The molecule has 0 atom stereocenters. The molecule has 0 N–H and O–H groups in total. The van der Waals surface area contributed by atoms with Crippen molar-refractivity contribution in [2.45, 2.75) is 13.8 Å². The lowest BCUT2D eigenvalue weighted by Crippen LogP contribution is -2.23. The zero-order chi connectivity index (χ0) is 21.1. The van der Waals surface area contributed by atoms with Gasteiger partial charge in [-0.2, -0.15) is 9.50 Å². The van der Waals surface area contributed by atoms with E-state index in [0.29, 0.717) is 33.4 Å². The number of hydrogen-bond acceptors (Lipinski definition) is 6. The Morgan fingerprint density at radius 1 is 1.07 bits per heavy atom. The van der Waals surface area contributed by atoms with Crippen LogP contribution in [0.1, 0.15) is 29.4 Å². The van der Waals surface area contributed by atoms with Gasteiger partial charge in [0, 0.05) is 0 Å². The molecule has 0 aliphatic heterocycles. The average molecular weight is 420 g/mol. The third-order valence-electron chi connectivity index (χ3n) is 4.49. The number of hydrogen-bond donors (Lipinski definition) is 0. The largest absolute Gasteiger partial charge is 0.493 e. The predicted molar refractivity (Wildman–Crippen MR) is 120 cm³/mol. The number of aromatic nitrogens is 3. The van der Waals surface area contributed by atoms with Crippen molar-refractivity contribution >= 4 is 34.5 Å². The Balaban J connectivity index is 1.64. The number of aryl methyl sites for hydroxylation is 1. The molecule has 4 aromatic rings. The minimum absolute atomic E-state index is 0.190. The molecule has 0 saturated heterocycles. The molecule has 0 amide bonds. The van der Waals surface area contributed by atoms with E-state index in [9.17, 15) is 4.79 Å². The fraction of sp³-hybridized carbons (Fsp3) is 0.174. The molecule has 0 bridgehead atoms. The Morgan fingerprint density at radius 3 is 2.53 bits per heavy atom. The summed E-state index contributed by atoms with van der Waals surface area (Å²) in [5.41, 5.74) is 2.92. The van der Waals surface area contributed by atoms with Gasteiger partial charge in [-0.3, -0.25) is 4.79 Å². The molecule has 30 heavy (non-hydrogen) atoms. The molecule has 0 saturated carbocycles. The minimum Gasteiger partial charge on any atom is -0.493 e. The fourth-order valence-corrected chi connectivity index (χ4v) is 3.88. The lowest BCUT2D eigenvalue weighted by Gasteiger charge is -2.09. The first-order chi connectivity index (χ1) is 14.6. The molecule has 2 aromatic heterocycles. The summed E-state index contributed by atoms with van der Waals surface area (Å²) in [6.45, 7) is 4.52. The monoisotopic (exact) mass is 419 g/mol. The Kier molecular flexibility index (Phi) is 5.63. The van der Waals surface area contributed by atoms with Crippen LogP contribution in [0.5, 0.6) is 11.5 Å². The van der Waals surface area contributed by atoms with Crippen molar-refractivity contribution in [3.05, 3.63) is 79.9 Å². The smallest absolute Gasteiger partial charge is 0.291 e. The maximum absolute atomic E-state index is 12.7. The van der Waals surface area contributed by atoms with Crippen molar-refractivity contribution in [3.63, 3.8) is 0 Å². The van der Waals surface area contributed by atoms with Gasteiger partial charge >= 0.3 is 0 Å². The summed E-state index contributed by atoms with van der Waals surface area (Å²) >= 11 is 1.31. The number of fused-ring (bicyclic) bond motifs is 1. The van der Waals surface area contributed by atoms with Gasteiger partial charge in [0.25, 0.3) is 5.56 Å². The molecule has 0 aliphatic rings. The molecule has 0 fully saturated rings. The van der Waals surface area contributed by atoms with Crippen molar-refractivity contribution in [1.29, 1.82) is 0 Å². The Morgan fingerprint density at radius 2 is 1.83 bits per heavy atom. The van der Waals surface area contributed by atoms with E-state index < -0.39 is 0 Å². The normalized spacial score (nSPS) is 12.2. The first-order valence-electron chi connectivity index (χ1n) is 9.54. The Hall–Kier alpha value is -3.45. The molecule has 7 heteroatoms. The van der Waals surface area contributed by atoms with Gasteiger partial charge < -0.3 is 9.47 Å². The van der Waals surface area contributed by atoms with E-state index in [4.69, 9.17) is 9.47 Å².